The highest BCUT2D eigenvalue weighted by Gasteiger charge is 2.61. The Morgan fingerprint density at radius 1 is 1.43 bits per heavy atom. The van der Waals surface area contributed by atoms with Crippen molar-refractivity contribution in [1.82, 2.24) is 15.5 Å². The van der Waals surface area contributed by atoms with E-state index in [1.807, 2.05) is 0 Å². The molecule has 9 heteroatoms. The van der Waals surface area contributed by atoms with E-state index in [4.69, 9.17) is 0 Å². The van der Waals surface area contributed by atoms with E-state index in [0.717, 1.165) is 4.90 Å². The van der Waals surface area contributed by atoms with Gasteiger partial charge in [0.05, 0.1) is 0 Å². The average Bonchev–Trinajstić information content (AvgIpc) is 2.89. The van der Waals surface area contributed by atoms with Crippen molar-refractivity contribution in [1.29, 1.82) is 0 Å². The van der Waals surface area contributed by atoms with E-state index in [0.29, 0.717) is 0 Å². The molecule has 3 amide bonds. The Labute approximate surface area is 119 Å². The van der Waals surface area contributed by atoms with Crippen LogP contribution in [0.3, 0.4) is 0 Å². The normalized spacial score (nSPS) is 30.7. The number of likely N-dealkylation sites (N-methyl/N-ethyl adjacent to an activating group) is 1. The van der Waals surface area contributed by atoms with E-state index in [9.17, 15) is 27.6 Å². The number of hydrogen-bond donors (Lipinski definition) is 2. The zero-order chi connectivity index (χ0) is 15.8. The summed E-state index contributed by atoms with van der Waals surface area (Å²) in [6, 6.07) is -1.08. The third-order valence-corrected chi connectivity index (χ3v) is 4.09. The van der Waals surface area contributed by atoms with Crippen LogP contribution in [0.15, 0.2) is 0 Å². The molecule has 2 saturated heterocycles. The minimum absolute atomic E-state index is 0.0183. The molecule has 118 valence electrons. The van der Waals surface area contributed by atoms with Crippen LogP contribution in [0.25, 0.3) is 0 Å². The number of halogens is 3. The number of hydrogen-bond acceptors (Lipinski definition) is 4. The van der Waals surface area contributed by atoms with Gasteiger partial charge in [-0.15, -0.1) is 0 Å². The number of carbonyl (C=O) groups excluding carboxylic acids is 3. The highest BCUT2D eigenvalue weighted by atomic mass is 19.4. The summed E-state index contributed by atoms with van der Waals surface area (Å²) in [4.78, 5) is 36.1. The Morgan fingerprint density at radius 2 is 2.10 bits per heavy atom. The topological polar surface area (TPSA) is 78.5 Å². The first-order valence-electron chi connectivity index (χ1n) is 6.58. The number of piperidine rings is 1. The van der Waals surface area contributed by atoms with Crippen LogP contribution in [0, 0.1) is 5.41 Å². The van der Waals surface area contributed by atoms with Gasteiger partial charge in [0.25, 0.3) is 5.91 Å². The summed E-state index contributed by atoms with van der Waals surface area (Å²) in [5.74, 6) is -2.29. The lowest BCUT2D eigenvalue weighted by molar-refractivity contribution is -0.216. The molecule has 0 bridgehead atoms. The monoisotopic (exact) mass is 307 g/mol. The third-order valence-electron chi connectivity index (χ3n) is 4.09. The van der Waals surface area contributed by atoms with Gasteiger partial charge in [0.2, 0.25) is 11.8 Å². The molecule has 0 aliphatic carbocycles. The van der Waals surface area contributed by atoms with E-state index in [2.05, 4.69) is 10.6 Å². The summed E-state index contributed by atoms with van der Waals surface area (Å²) in [7, 11) is 1.25. The smallest absolute Gasteiger partial charge is 0.343 e. The molecule has 0 saturated carbocycles. The first-order valence-corrected chi connectivity index (χ1v) is 6.58. The lowest BCUT2D eigenvalue weighted by Gasteiger charge is -2.33. The Balaban J connectivity index is 2.13. The number of imide groups is 1. The standard InChI is InChI=1S/C12H16F3N3O3/c1-18-8(19)3-2-7(9(18)20)17-10(21)11(12(13,14)15)4-5-16-6-11/h7,16H,2-6H2,1H3,(H,17,21). The third kappa shape index (κ3) is 2.61. The molecule has 2 rings (SSSR count). The van der Waals surface area contributed by atoms with Crippen molar-refractivity contribution in [2.75, 3.05) is 20.1 Å². The molecule has 2 N–H and O–H groups in total. The maximum Gasteiger partial charge on any atom is 0.404 e. The molecule has 0 radical (unpaired) electrons. The van der Waals surface area contributed by atoms with Gasteiger partial charge in [0, 0.05) is 20.0 Å². The fourth-order valence-electron chi connectivity index (χ4n) is 2.60. The number of likely N-dealkylation sites (tertiary alicyclic amines) is 1. The number of rotatable bonds is 2. The van der Waals surface area contributed by atoms with Crippen molar-refractivity contribution in [3.8, 4) is 0 Å². The first-order chi connectivity index (χ1) is 9.69. The first kappa shape index (κ1) is 15.7. The zero-order valence-corrected chi connectivity index (χ0v) is 11.4. The Bertz CT molecular complexity index is 472. The number of nitrogens with one attached hydrogen (secondary N) is 2. The number of carbonyl (C=O) groups is 3. The van der Waals surface area contributed by atoms with Gasteiger partial charge in [0.1, 0.15) is 6.04 Å². The predicted octanol–water partition coefficient (Wildman–Crippen LogP) is -0.208. The van der Waals surface area contributed by atoms with Crippen LogP contribution in [0.4, 0.5) is 13.2 Å². The second-order valence-corrected chi connectivity index (χ2v) is 5.36. The molecule has 6 nitrogen and oxygen atoms in total. The van der Waals surface area contributed by atoms with Gasteiger partial charge in [-0.05, 0) is 19.4 Å². The minimum atomic E-state index is -4.69. The van der Waals surface area contributed by atoms with Crippen LogP contribution in [-0.4, -0.2) is 55.0 Å². The van der Waals surface area contributed by atoms with Crippen LogP contribution in [0.2, 0.25) is 0 Å². The molecule has 2 aliphatic heterocycles. The molecule has 2 aliphatic rings. The maximum absolute atomic E-state index is 13.2. The summed E-state index contributed by atoms with van der Waals surface area (Å²) in [6.45, 7) is -0.415. The summed E-state index contributed by atoms with van der Waals surface area (Å²) in [5.41, 5.74) is -2.51. The number of amides is 3. The zero-order valence-electron chi connectivity index (χ0n) is 11.4. The maximum atomic E-state index is 13.2. The molecular formula is C12H16F3N3O3. The van der Waals surface area contributed by atoms with Gasteiger partial charge < -0.3 is 10.6 Å². The summed E-state index contributed by atoms with van der Waals surface area (Å²) < 4.78 is 39.6. The molecule has 0 aromatic carbocycles. The van der Waals surface area contributed by atoms with Gasteiger partial charge in [-0.3, -0.25) is 19.3 Å². The van der Waals surface area contributed by atoms with Gasteiger partial charge in [-0.25, -0.2) is 0 Å². The molecule has 2 fully saturated rings. The Kier molecular flexibility index (Phi) is 3.96. The quantitative estimate of drug-likeness (QED) is 0.692. The van der Waals surface area contributed by atoms with Gasteiger partial charge >= 0.3 is 6.18 Å². The van der Waals surface area contributed by atoms with E-state index >= 15 is 0 Å². The highest BCUT2D eigenvalue weighted by molar-refractivity contribution is 6.02. The molecule has 2 unspecified atom stereocenters. The van der Waals surface area contributed by atoms with Crippen LogP contribution in [-0.2, 0) is 14.4 Å². The van der Waals surface area contributed by atoms with Crippen molar-refractivity contribution < 1.29 is 27.6 Å². The minimum Gasteiger partial charge on any atom is -0.343 e. The molecule has 0 spiro atoms. The highest BCUT2D eigenvalue weighted by Crippen LogP contribution is 2.43. The van der Waals surface area contributed by atoms with Crippen molar-refractivity contribution in [2.24, 2.45) is 5.41 Å². The SMILES string of the molecule is CN1C(=O)CCC(NC(=O)C2(C(F)(F)F)CCNC2)C1=O. The predicted molar refractivity (Wildman–Crippen MR) is 64.9 cm³/mol. The largest absolute Gasteiger partial charge is 0.404 e. The molecule has 2 atom stereocenters. The fourth-order valence-corrected chi connectivity index (χ4v) is 2.60. The van der Waals surface area contributed by atoms with Crippen molar-refractivity contribution >= 4 is 17.7 Å². The summed E-state index contributed by atoms with van der Waals surface area (Å²) in [5, 5.41) is 4.70. The number of alkyl halides is 3. The average molecular weight is 307 g/mol. The lowest BCUT2D eigenvalue weighted by Crippen LogP contribution is -2.59. The Hall–Kier alpha value is -1.64. The van der Waals surface area contributed by atoms with Gasteiger partial charge in [-0.1, -0.05) is 0 Å². The van der Waals surface area contributed by atoms with Crippen molar-refractivity contribution in [2.45, 2.75) is 31.5 Å². The van der Waals surface area contributed by atoms with Gasteiger partial charge in [0.15, 0.2) is 5.41 Å². The second kappa shape index (κ2) is 5.28. The molecule has 0 aromatic rings. The molecule has 2 heterocycles. The van der Waals surface area contributed by atoms with Crippen molar-refractivity contribution in [3.05, 3.63) is 0 Å². The van der Waals surface area contributed by atoms with Crippen LogP contribution < -0.4 is 10.6 Å². The number of nitrogens with zero attached hydrogens (tertiary/aromatic N) is 1. The van der Waals surface area contributed by atoms with Crippen molar-refractivity contribution in [3.63, 3.8) is 0 Å². The molecule has 21 heavy (non-hydrogen) atoms. The molecule has 0 aromatic heterocycles. The Morgan fingerprint density at radius 3 is 2.62 bits per heavy atom. The van der Waals surface area contributed by atoms with E-state index in [-0.39, 0.29) is 25.8 Å². The van der Waals surface area contributed by atoms with Gasteiger partial charge in [-0.2, -0.15) is 13.2 Å². The van der Waals surface area contributed by atoms with Crippen LogP contribution >= 0.6 is 0 Å². The second-order valence-electron chi connectivity index (χ2n) is 5.36. The summed E-state index contributed by atoms with van der Waals surface area (Å²) in [6.07, 6.45) is -5.02. The van der Waals surface area contributed by atoms with E-state index in [1.165, 1.54) is 7.05 Å². The van der Waals surface area contributed by atoms with E-state index in [1.54, 1.807) is 0 Å². The molecular weight excluding hydrogens is 291 g/mol. The lowest BCUT2D eigenvalue weighted by atomic mass is 9.84. The van der Waals surface area contributed by atoms with Crippen LogP contribution in [0.5, 0.6) is 0 Å². The van der Waals surface area contributed by atoms with Crippen LogP contribution in [0.1, 0.15) is 19.3 Å². The summed E-state index contributed by atoms with van der Waals surface area (Å²) >= 11 is 0. The van der Waals surface area contributed by atoms with E-state index < -0.39 is 41.9 Å². The fraction of sp³-hybridized carbons (Fsp3) is 0.750.